The van der Waals surface area contributed by atoms with E-state index in [2.05, 4.69) is 4.74 Å². The Morgan fingerprint density at radius 1 is 1.36 bits per heavy atom. The molecule has 76 valence electrons. The van der Waals surface area contributed by atoms with Gasteiger partial charge in [0, 0.05) is 5.88 Å². The minimum atomic E-state index is -0.689. The first-order chi connectivity index (χ1) is 6.76. The van der Waals surface area contributed by atoms with E-state index in [1.807, 2.05) is 0 Å². The summed E-state index contributed by atoms with van der Waals surface area (Å²) in [5.41, 5.74) is 0.975. The second-order valence-corrected chi connectivity index (χ2v) is 2.83. The summed E-state index contributed by atoms with van der Waals surface area (Å²) < 4.78 is 9.47. The van der Waals surface area contributed by atoms with Crippen LogP contribution >= 0.6 is 11.6 Å². The van der Waals surface area contributed by atoms with Gasteiger partial charge < -0.3 is 9.47 Å². The van der Waals surface area contributed by atoms with Crippen molar-refractivity contribution in [3.63, 3.8) is 0 Å². The first-order valence-electron chi connectivity index (χ1n) is 4.25. The van der Waals surface area contributed by atoms with Crippen molar-refractivity contribution in [2.75, 3.05) is 6.61 Å². The molecule has 1 rings (SSSR count). The van der Waals surface area contributed by atoms with Gasteiger partial charge in [-0.15, -0.1) is 11.6 Å². The van der Waals surface area contributed by atoms with Crippen molar-refractivity contribution in [1.29, 1.82) is 0 Å². The van der Waals surface area contributed by atoms with Crippen LogP contribution in [0.2, 0.25) is 0 Å². The van der Waals surface area contributed by atoms with Gasteiger partial charge in [-0.3, -0.25) is 0 Å². The van der Waals surface area contributed by atoms with Gasteiger partial charge in [-0.2, -0.15) is 0 Å². The van der Waals surface area contributed by atoms with E-state index in [0.29, 0.717) is 18.2 Å². The Morgan fingerprint density at radius 2 is 2.00 bits per heavy atom. The molecule has 0 bridgehead atoms. The highest BCUT2D eigenvalue weighted by molar-refractivity contribution is 6.17. The molecule has 0 atom stereocenters. The van der Waals surface area contributed by atoms with E-state index in [-0.39, 0.29) is 0 Å². The van der Waals surface area contributed by atoms with E-state index < -0.39 is 6.16 Å². The summed E-state index contributed by atoms with van der Waals surface area (Å²) in [6, 6.07) is 6.94. The number of hydrogen-bond donors (Lipinski definition) is 0. The molecule has 0 aliphatic heterocycles. The lowest BCUT2D eigenvalue weighted by Crippen LogP contribution is -2.09. The largest absolute Gasteiger partial charge is 0.513 e. The van der Waals surface area contributed by atoms with Gasteiger partial charge in [-0.1, -0.05) is 12.1 Å². The van der Waals surface area contributed by atoms with E-state index in [4.69, 9.17) is 16.3 Å². The van der Waals surface area contributed by atoms with Gasteiger partial charge in [0.25, 0.3) is 0 Å². The average molecular weight is 215 g/mol. The quantitative estimate of drug-likeness (QED) is 0.441. The molecule has 0 aliphatic rings. The first-order valence-corrected chi connectivity index (χ1v) is 4.79. The summed E-state index contributed by atoms with van der Waals surface area (Å²) in [6.45, 7) is 2.02. The third kappa shape index (κ3) is 3.26. The number of halogens is 1. The van der Waals surface area contributed by atoms with Crippen molar-refractivity contribution < 1.29 is 14.3 Å². The normalized spacial score (nSPS) is 9.57. The number of ether oxygens (including phenoxy) is 2. The van der Waals surface area contributed by atoms with Crippen molar-refractivity contribution in [1.82, 2.24) is 0 Å². The molecular weight excluding hydrogens is 204 g/mol. The molecule has 4 heteroatoms. The molecule has 0 heterocycles. The Kier molecular flexibility index (Phi) is 4.26. The van der Waals surface area contributed by atoms with Crippen LogP contribution in [0.3, 0.4) is 0 Å². The van der Waals surface area contributed by atoms with Crippen molar-refractivity contribution in [2.24, 2.45) is 0 Å². The monoisotopic (exact) mass is 214 g/mol. The molecule has 0 fully saturated rings. The summed E-state index contributed by atoms with van der Waals surface area (Å²) in [7, 11) is 0. The predicted octanol–water partition coefficient (Wildman–Crippen LogP) is 2.96. The Morgan fingerprint density at radius 3 is 2.50 bits per heavy atom. The van der Waals surface area contributed by atoms with Crippen LogP contribution < -0.4 is 4.74 Å². The van der Waals surface area contributed by atoms with E-state index in [1.54, 1.807) is 31.2 Å². The Balaban J connectivity index is 2.55. The number of benzene rings is 1. The number of hydrogen-bond acceptors (Lipinski definition) is 3. The fourth-order valence-electron chi connectivity index (χ4n) is 0.890. The molecule has 0 spiro atoms. The van der Waals surface area contributed by atoms with Crippen LogP contribution in [0.25, 0.3) is 0 Å². The van der Waals surface area contributed by atoms with Crippen LogP contribution in [-0.2, 0) is 10.6 Å². The number of rotatable bonds is 3. The molecule has 0 aliphatic carbocycles. The van der Waals surface area contributed by atoms with Crippen LogP contribution in [0.1, 0.15) is 12.5 Å². The fraction of sp³-hybridized carbons (Fsp3) is 0.300. The van der Waals surface area contributed by atoms with E-state index in [1.165, 1.54) is 0 Å². The van der Waals surface area contributed by atoms with Gasteiger partial charge in [-0.25, -0.2) is 4.79 Å². The van der Waals surface area contributed by atoms with Crippen molar-refractivity contribution >= 4 is 17.8 Å². The van der Waals surface area contributed by atoms with Crippen LogP contribution in [0.15, 0.2) is 24.3 Å². The molecule has 0 saturated heterocycles. The van der Waals surface area contributed by atoms with Gasteiger partial charge in [0.2, 0.25) is 0 Å². The maximum absolute atomic E-state index is 10.9. The zero-order valence-electron chi connectivity index (χ0n) is 7.83. The summed E-state index contributed by atoms with van der Waals surface area (Å²) in [5, 5.41) is 0. The van der Waals surface area contributed by atoms with Gasteiger partial charge in [0.15, 0.2) is 0 Å². The maximum atomic E-state index is 10.9. The SMILES string of the molecule is CCOC(=O)Oc1ccc(CCl)cc1. The van der Waals surface area contributed by atoms with Crippen LogP contribution in [-0.4, -0.2) is 12.8 Å². The van der Waals surface area contributed by atoms with E-state index >= 15 is 0 Å². The van der Waals surface area contributed by atoms with Gasteiger partial charge in [-0.05, 0) is 24.6 Å². The van der Waals surface area contributed by atoms with Gasteiger partial charge in [0.1, 0.15) is 5.75 Å². The Labute approximate surface area is 87.6 Å². The fourth-order valence-corrected chi connectivity index (χ4v) is 1.07. The highest BCUT2D eigenvalue weighted by atomic mass is 35.5. The molecular formula is C10H11ClO3. The lowest BCUT2D eigenvalue weighted by molar-refractivity contribution is 0.104. The predicted molar refractivity (Wildman–Crippen MR) is 53.6 cm³/mol. The Bertz CT molecular complexity index is 295. The summed E-state index contributed by atoms with van der Waals surface area (Å²) in [6.07, 6.45) is -0.689. The lowest BCUT2D eigenvalue weighted by atomic mass is 10.2. The third-order valence-electron chi connectivity index (χ3n) is 1.54. The zero-order valence-corrected chi connectivity index (χ0v) is 8.58. The van der Waals surface area contributed by atoms with Crippen molar-refractivity contribution in [3.8, 4) is 5.75 Å². The molecule has 3 nitrogen and oxygen atoms in total. The van der Waals surface area contributed by atoms with E-state index in [0.717, 1.165) is 5.56 Å². The molecule has 1 aromatic carbocycles. The molecule has 0 radical (unpaired) electrons. The standard InChI is InChI=1S/C10H11ClO3/c1-2-13-10(12)14-9-5-3-8(7-11)4-6-9/h3-6H,2,7H2,1H3. The van der Waals surface area contributed by atoms with Gasteiger partial charge in [0.05, 0.1) is 6.61 Å². The number of carbonyl (C=O) groups excluding carboxylic acids is 1. The number of carbonyl (C=O) groups is 1. The van der Waals surface area contributed by atoms with Crippen LogP contribution in [0.4, 0.5) is 4.79 Å². The maximum Gasteiger partial charge on any atom is 0.513 e. The van der Waals surface area contributed by atoms with Crippen molar-refractivity contribution in [2.45, 2.75) is 12.8 Å². The molecule has 1 aromatic rings. The molecule has 0 saturated carbocycles. The minimum Gasteiger partial charge on any atom is -0.434 e. The number of alkyl halides is 1. The van der Waals surface area contributed by atoms with E-state index in [9.17, 15) is 4.79 Å². The first kappa shape index (κ1) is 10.9. The smallest absolute Gasteiger partial charge is 0.434 e. The molecule has 0 unspecified atom stereocenters. The van der Waals surface area contributed by atoms with Gasteiger partial charge >= 0.3 is 6.16 Å². The molecule has 14 heavy (non-hydrogen) atoms. The average Bonchev–Trinajstić information content (AvgIpc) is 2.19. The molecule has 0 amide bonds. The zero-order chi connectivity index (χ0) is 10.4. The third-order valence-corrected chi connectivity index (χ3v) is 1.85. The molecule has 0 aromatic heterocycles. The van der Waals surface area contributed by atoms with Crippen LogP contribution in [0, 0.1) is 0 Å². The van der Waals surface area contributed by atoms with Crippen molar-refractivity contribution in [3.05, 3.63) is 29.8 Å². The second-order valence-electron chi connectivity index (χ2n) is 2.56. The highest BCUT2D eigenvalue weighted by Crippen LogP contribution is 2.13. The molecule has 0 N–H and O–H groups in total. The minimum absolute atomic E-state index is 0.304. The summed E-state index contributed by atoms with van der Waals surface area (Å²) >= 11 is 5.60. The van der Waals surface area contributed by atoms with Crippen LogP contribution in [0.5, 0.6) is 5.75 Å². The second kappa shape index (κ2) is 5.50. The lowest BCUT2D eigenvalue weighted by Gasteiger charge is -2.03. The Hall–Kier alpha value is -1.22. The topological polar surface area (TPSA) is 35.5 Å². The highest BCUT2D eigenvalue weighted by Gasteiger charge is 2.03. The summed E-state index contributed by atoms with van der Waals surface area (Å²) in [5.74, 6) is 0.900. The summed E-state index contributed by atoms with van der Waals surface area (Å²) in [4.78, 5) is 10.9.